The number of nitrogens with zero attached hydrogens (tertiary/aromatic N) is 1. The molecule has 2 N–H and O–H groups in total. The van der Waals surface area contributed by atoms with E-state index in [2.05, 4.69) is 39.5 Å². The van der Waals surface area contributed by atoms with Crippen LogP contribution in [0.15, 0.2) is 0 Å². The maximum Gasteiger partial charge on any atom is 0.00450 e. The number of hydrogen-bond acceptors (Lipinski definition) is 2. The average Bonchev–Trinajstić information content (AvgIpc) is 1.94. The zero-order valence-electron chi connectivity index (χ0n) is 10.4. The molecule has 1 fully saturated rings. The Balaban J connectivity index is 2.29. The van der Waals surface area contributed by atoms with Crippen LogP contribution < -0.4 is 5.73 Å². The molecule has 0 unspecified atom stereocenters. The van der Waals surface area contributed by atoms with E-state index in [1.54, 1.807) is 0 Å². The Morgan fingerprint density at radius 1 is 1.14 bits per heavy atom. The van der Waals surface area contributed by atoms with Crippen molar-refractivity contribution in [1.82, 2.24) is 4.90 Å². The quantitative estimate of drug-likeness (QED) is 0.751. The molecule has 0 aromatic rings. The van der Waals surface area contributed by atoms with E-state index in [0.29, 0.717) is 5.41 Å². The van der Waals surface area contributed by atoms with Gasteiger partial charge in [-0.25, -0.2) is 0 Å². The van der Waals surface area contributed by atoms with Gasteiger partial charge in [0.2, 0.25) is 0 Å². The second-order valence-electron chi connectivity index (χ2n) is 6.63. The molecule has 0 aromatic carbocycles. The van der Waals surface area contributed by atoms with Crippen LogP contribution in [0.2, 0.25) is 0 Å². The molecule has 2 heteroatoms. The van der Waals surface area contributed by atoms with Crippen LogP contribution in [0.25, 0.3) is 0 Å². The lowest BCUT2D eigenvalue weighted by Gasteiger charge is -2.48. The molecular weight excluding hydrogens is 172 g/mol. The van der Waals surface area contributed by atoms with Crippen LogP contribution >= 0.6 is 0 Å². The summed E-state index contributed by atoms with van der Waals surface area (Å²) in [5.41, 5.74) is 6.48. The van der Waals surface area contributed by atoms with Gasteiger partial charge in [0.25, 0.3) is 0 Å². The fraction of sp³-hybridized carbons (Fsp3) is 1.00. The molecular formula is C12H26N2. The first-order valence-corrected chi connectivity index (χ1v) is 5.67. The average molecular weight is 198 g/mol. The normalized spacial score (nSPS) is 21.0. The van der Waals surface area contributed by atoms with Crippen molar-refractivity contribution in [3.63, 3.8) is 0 Å². The minimum Gasteiger partial charge on any atom is -0.330 e. The Hall–Kier alpha value is -0.0800. The van der Waals surface area contributed by atoms with Crippen molar-refractivity contribution in [2.24, 2.45) is 22.5 Å². The summed E-state index contributed by atoms with van der Waals surface area (Å²) in [6.45, 7) is 15.9. The van der Waals surface area contributed by atoms with Crippen LogP contribution in [0.4, 0.5) is 0 Å². The number of nitrogens with two attached hydrogens (primary N) is 1. The summed E-state index contributed by atoms with van der Waals surface area (Å²) in [7, 11) is 0. The van der Waals surface area contributed by atoms with Crippen LogP contribution in [0.1, 0.15) is 34.6 Å². The van der Waals surface area contributed by atoms with Gasteiger partial charge in [0.15, 0.2) is 0 Å². The highest BCUT2D eigenvalue weighted by Crippen LogP contribution is 2.34. The molecule has 1 heterocycles. The van der Waals surface area contributed by atoms with Gasteiger partial charge in [-0.2, -0.15) is 0 Å². The van der Waals surface area contributed by atoms with Gasteiger partial charge in [0.05, 0.1) is 0 Å². The molecule has 0 spiro atoms. The van der Waals surface area contributed by atoms with Gasteiger partial charge < -0.3 is 10.6 Å². The Morgan fingerprint density at radius 2 is 1.64 bits per heavy atom. The van der Waals surface area contributed by atoms with E-state index in [0.717, 1.165) is 19.0 Å². The van der Waals surface area contributed by atoms with E-state index < -0.39 is 0 Å². The zero-order valence-corrected chi connectivity index (χ0v) is 10.4. The van der Waals surface area contributed by atoms with Gasteiger partial charge in [-0.3, -0.25) is 0 Å². The summed E-state index contributed by atoms with van der Waals surface area (Å²) < 4.78 is 0. The summed E-state index contributed by atoms with van der Waals surface area (Å²) in [4.78, 5) is 2.53. The van der Waals surface area contributed by atoms with Crippen LogP contribution in [0.5, 0.6) is 0 Å². The molecule has 0 aliphatic carbocycles. The van der Waals surface area contributed by atoms with Crippen molar-refractivity contribution in [3.8, 4) is 0 Å². The molecule has 1 rings (SSSR count). The fourth-order valence-corrected chi connectivity index (χ4v) is 1.92. The second-order valence-corrected chi connectivity index (χ2v) is 6.63. The molecule has 0 aromatic heterocycles. The third kappa shape index (κ3) is 2.96. The zero-order chi connectivity index (χ0) is 11.0. The van der Waals surface area contributed by atoms with Crippen molar-refractivity contribution in [3.05, 3.63) is 0 Å². The van der Waals surface area contributed by atoms with Crippen molar-refractivity contribution < 1.29 is 0 Å². The predicted molar refractivity (Wildman–Crippen MR) is 62.2 cm³/mol. The SMILES string of the molecule is CC(C)(CN)CN1CC(C(C)(C)C)C1. The van der Waals surface area contributed by atoms with Gasteiger partial charge in [-0.05, 0) is 23.3 Å². The first-order valence-electron chi connectivity index (χ1n) is 5.67. The van der Waals surface area contributed by atoms with Crippen LogP contribution in [0.3, 0.4) is 0 Å². The Bertz CT molecular complexity index is 185. The number of hydrogen-bond donors (Lipinski definition) is 1. The molecule has 14 heavy (non-hydrogen) atoms. The molecule has 1 saturated heterocycles. The molecule has 84 valence electrons. The van der Waals surface area contributed by atoms with Gasteiger partial charge in [0.1, 0.15) is 0 Å². The van der Waals surface area contributed by atoms with E-state index in [9.17, 15) is 0 Å². The van der Waals surface area contributed by atoms with Crippen molar-refractivity contribution in [2.45, 2.75) is 34.6 Å². The van der Waals surface area contributed by atoms with Crippen LogP contribution in [-0.2, 0) is 0 Å². The first kappa shape index (κ1) is 12.0. The molecule has 2 nitrogen and oxygen atoms in total. The fourth-order valence-electron chi connectivity index (χ4n) is 1.92. The lowest BCUT2D eigenvalue weighted by molar-refractivity contribution is 0.00221. The van der Waals surface area contributed by atoms with E-state index in [-0.39, 0.29) is 5.41 Å². The van der Waals surface area contributed by atoms with Crippen molar-refractivity contribution >= 4 is 0 Å². The Morgan fingerprint density at radius 3 is 2.00 bits per heavy atom. The minimum absolute atomic E-state index is 0.281. The third-order valence-electron chi connectivity index (χ3n) is 3.39. The summed E-state index contributed by atoms with van der Waals surface area (Å²) >= 11 is 0. The third-order valence-corrected chi connectivity index (χ3v) is 3.39. The minimum atomic E-state index is 0.281. The smallest absolute Gasteiger partial charge is 0.00450 e. The van der Waals surface area contributed by atoms with E-state index in [1.807, 2.05) is 0 Å². The van der Waals surface area contributed by atoms with Gasteiger partial charge >= 0.3 is 0 Å². The summed E-state index contributed by atoms with van der Waals surface area (Å²) in [6, 6.07) is 0. The summed E-state index contributed by atoms with van der Waals surface area (Å²) in [6.07, 6.45) is 0. The molecule has 1 aliphatic rings. The standard InChI is InChI=1S/C12H26N2/c1-11(2,3)10-6-14(7-10)9-12(4,5)8-13/h10H,6-9,13H2,1-5H3. The second kappa shape index (κ2) is 3.82. The van der Waals surface area contributed by atoms with E-state index >= 15 is 0 Å². The maximum atomic E-state index is 5.73. The summed E-state index contributed by atoms with van der Waals surface area (Å²) in [5.74, 6) is 0.871. The lowest BCUT2D eigenvalue weighted by atomic mass is 9.75. The maximum absolute atomic E-state index is 5.73. The lowest BCUT2D eigenvalue weighted by Crippen LogP contribution is -2.55. The Labute approximate surface area is 88.8 Å². The molecule has 0 amide bonds. The van der Waals surface area contributed by atoms with Crippen molar-refractivity contribution in [2.75, 3.05) is 26.2 Å². The van der Waals surface area contributed by atoms with Gasteiger partial charge in [0, 0.05) is 19.6 Å². The molecule has 0 radical (unpaired) electrons. The van der Waals surface area contributed by atoms with E-state index in [1.165, 1.54) is 13.1 Å². The van der Waals surface area contributed by atoms with E-state index in [4.69, 9.17) is 5.73 Å². The highest BCUT2D eigenvalue weighted by molar-refractivity contribution is 4.90. The number of rotatable bonds is 3. The topological polar surface area (TPSA) is 29.3 Å². The summed E-state index contributed by atoms with van der Waals surface area (Å²) in [5, 5.41) is 0. The van der Waals surface area contributed by atoms with Crippen molar-refractivity contribution in [1.29, 1.82) is 0 Å². The molecule has 1 aliphatic heterocycles. The Kier molecular flexibility index (Phi) is 3.27. The van der Waals surface area contributed by atoms with Crippen LogP contribution in [-0.4, -0.2) is 31.1 Å². The largest absolute Gasteiger partial charge is 0.330 e. The number of likely N-dealkylation sites (tertiary alicyclic amines) is 1. The van der Waals surface area contributed by atoms with Gasteiger partial charge in [-0.1, -0.05) is 34.6 Å². The predicted octanol–water partition coefficient (Wildman–Crippen LogP) is 1.95. The highest BCUT2D eigenvalue weighted by atomic mass is 15.2. The first-order chi connectivity index (χ1) is 6.24. The molecule has 0 bridgehead atoms. The monoisotopic (exact) mass is 198 g/mol. The molecule has 0 atom stereocenters. The van der Waals surface area contributed by atoms with Gasteiger partial charge in [-0.15, -0.1) is 0 Å². The van der Waals surface area contributed by atoms with Crippen LogP contribution in [0, 0.1) is 16.7 Å². The molecule has 0 saturated carbocycles. The highest BCUT2D eigenvalue weighted by Gasteiger charge is 2.37.